The number of hydrogen-bond acceptors (Lipinski definition) is 3. The Bertz CT molecular complexity index is 583. The van der Waals surface area contributed by atoms with Gasteiger partial charge in [-0.1, -0.05) is 12.1 Å². The lowest BCUT2D eigenvalue weighted by atomic mass is 10.1. The molecule has 4 nitrogen and oxygen atoms in total. The van der Waals surface area contributed by atoms with Gasteiger partial charge in [-0.15, -0.1) is 5.10 Å². The normalized spacial score (nSPS) is 10.4. The zero-order chi connectivity index (χ0) is 13.1. The second-order valence-electron chi connectivity index (χ2n) is 3.66. The molecule has 0 fully saturated rings. The molecule has 1 aromatic carbocycles. The molecule has 0 bridgehead atoms. The number of hydrogen-bond donors (Lipinski definition) is 0. The molecule has 0 saturated heterocycles. The number of aryl methyl sites for hydroxylation is 1. The number of carbonyl (C=O) groups is 1. The van der Waals surface area contributed by atoms with E-state index in [0.717, 1.165) is 9.13 Å². The van der Waals surface area contributed by atoms with Crippen molar-refractivity contribution in [3.8, 4) is 5.88 Å². The topological polar surface area (TPSA) is 44.1 Å². The van der Waals surface area contributed by atoms with Gasteiger partial charge in [0.15, 0.2) is 0 Å². The Kier molecular flexibility index (Phi) is 4.39. The van der Waals surface area contributed by atoms with Crippen LogP contribution in [0.3, 0.4) is 0 Å². The third-order valence-corrected chi connectivity index (χ3v) is 3.82. The molecule has 18 heavy (non-hydrogen) atoms. The first-order valence-corrected chi connectivity index (χ1v) is 7.05. The van der Waals surface area contributed by atoms with Gasteiger partial charge in [-0.3, -0.25) is 9.48 Å². The molecule has 1 heterocycles. The van der Waals surface area contributed by atoms with Gasteiger partial charge >= 0.3 is 0 Å². The Morgan fingerprint density at radius 1 is 1.50 bits per heavy atom. The molecular weight excluding hydrogens is 411 g/mol. The van der Waals surface area contributed by atoms with Gasteiger partial charge in [-0.2, -0.15) is 0 Å². The summed E-state index contributed by atoms with van der Waals surface area (Å²) in [6, 6.07) is 7.35. The van der Waals surface area contributed by atoms with E-state index in [4.69, 9.17) is 4.74 Å². The first-order valence-electron chi connectivity index (χ1n) is 5.17. The Balaban J connectivity index is 2.20. The van der Waals surface area contributed by atoms with Crippen molar-refractivity contribution < 1.29 is 9.53 Å². The van der Waals surface area contributed by atoms with Gasteiger partial charge in [0.2, 0.25) is 10.6 Å². The van der Waals surface area contributed by atoms with Crippen LogP contribution in [0, 0.1) is 3.57 Å². The highest BCUT2D eigenvalue weighted by Gasteiger charge is 2.12. The smallest absolute Gasteiger partial charge is 0.233 e. The van der Waals surface area contributed by atoms with E-state index in [-0.39, 0.29) is 4.69 Å². The monoisotopic (exact) mass is 420 g/mol. The van der Waals surface area contributed by atoms with Crippen LogP contribution >= 0.6 is 38.5 Å². The van der Waals surface area contributed by atoms with Crippen LogP contribution in [0.5, 0.6) is 5.88 Å². The van der Waals surface area contributed by atoms with Gasteiger partial charge in [0.25, 0.3) is 0 Å². The molecule has 0 aliphatic rings. The molecule has 0 radical (unpaired) electrons. The van der Waals surface area contributed by atoms with Gasteiger partial charge in [0, 0.05) is 34.0 Å². The van der Waals surface area contributed by atoms with E-state index >= 15 is 0 Å². The van der Waals surface area contributed by atoms with Crippen molar-refractivity contribution >= 4 is 43.2 Å². The lowest BCUT2D eigenvalue weighted by molar-refractivity contribution is 0.109. The maximum absolute atomic E-state index is 11.5. The third-order valence-electron chi connectivity index (χ3n) is 2.38. The second kappa shape index (κ2) is 5.83. The molecular formula is C12H10BrIN2O2. The van der Waals surface area contributed by atoms with Crippen molar-refractivity contribution in [2.24, 2.45) is 7.05 Å². The number of aromatic nitrogens is 2. The average Bonchev–Trinajstić information content (AvgIpc) is 2.73. The highest BCUT2D eigenvalue weighted by atomic mass is 127. The van der Waals surface area contributed by atoms with Crippen molar-refractivity contribution in [3.63, 3.8) is 0 Å². The zero-order valence-electron chi connectivity index (χ0n) is 9.56. The van der Waals surface area contributed by atoms with Crippen molar-refractivity contribution in [3.05, 3.63) is 45.2 Å². The van der Waals surface area contributed by atoms with Crippen molar-refractivity contribution in [2.75, 3.05) is 0 Å². The molecule has 0 aliphatic heterocycles. The molecule has 0 unspecified atom stereocenters. The Morgan fingerprint density at radius 3 is 2.89 bits per heavy atom. The van der Waals surface area contributed by atoms with Crippen LogP contribution in [0.2, 0.25) is 0 Å². The molecule has 1 aromatic heterocycles. The minimum Gasteiger partial charge on any atom is -0.472 e. The number of ether oxygens (including phenoxy) is 1. The van der Waals surface area contributed by atoms with E-state index in [0.29, 0.717) is 18.1 Å². The highest BCUT2D eigenvalue weighted by molar-refractivity contribution is 14.1. The maximum Gasteiger partial charge on any atom is 0.233 e. The fourth-order valence-corrected chi connectivity index (χ4v) is 2.53. The predicted octanol–water partition coefficient (Wildman–Crippen LogP) is 3.14. The van der Waals surface area contributed by atoms with Crippen LogP contribution in [0.4, 0.5) is 0 Å². The van der Waals surface area contributed by atoms with Crippen LogP contribution in [-0.2, 0) is 13.7 Å². The molecule has 0 N–H and O–H groups in total. The first-order chi connectivity index (χ1) is 8.58. The van der Waals surface area contributed by atoms with Gasteiger partial charge in [-0.25, -0.2) is 0 Å². The summed E-state index contributed by atoms with van der Waals surface area (Å²) >= 11 is 5.17. The number of halogens is 2. The predicted molar refractivity (Wildman–Crippen MR) is 80.0 cm³/mol. The van der Waals surface area contributed by atoms with Gasteiger partial charge < -0.3 is 4.74 Å². The third kappa shape index (κ3) is 3.11. The lowest BCUT2D eigenvalue weighted by Crippen LogP contribution is -2.05. The summed E-state index contributed by atoms with van der Waals surface area (Å²) in [6.45, 7) is 0.322. The Hall–Kier alpha value is -0.890. The van der Waals surface area contributed by atoms with E-state index in [2.05, 4.69) is 43.6 Å². The van der Waals surface area contributed by atoms with E-state index < -0.39 is 0 Å². The fourth-order valence-electron chi connectivity index (χ4n) is 1.51. The minimum atomic E-state index is -0.138. The van der Waals surface area contributed by atoms with E-state index in [1.165, 1.54) is 0 Å². The van der Waals surface area contributed by atoms with Crippen LogP contribution in [0.15, 0.2) is 30.5 Å². The molecule has 6 heteroatoms. The maximum atomic E-state index is 11.5. The molecule has 2 aromatic rings. The van der Waals surface area contributed by atoms with E-state index in [1.807, 2.05) is 25.4 Å². The molecule has 2 rings (SSSR count). The van der Waals surface area contributed by atoms with Gasteiger partial charge in [-0.05, 0) is 44.6 Å². The highest BCUT2D eigenvalue weighted by Crippen LogP contribution is 2.21. The van der Waals surface area contributed by atoms with Crippen LogP contribution in [-0.4, -0.2) is 14.5 Å². The Labute approximate surface area is 127 Å². The average molecular weight is 421 g/mol. The lowest BCUT2D eigenvalue weighted by Gasteiger charge is -2.09. The number of rotatable bonds is 4. The van der Waals surface area contributed by atoms with Crippen molar-refractivity contribution in [1.82, 2.24) is 9.78 Å². The molecule has 94 valence electrons. The first kappa shape index (κ1) is 13.5. The number of nitrogens with zero attached hydrogens (tertiary/aromatic N) is 2. The second-order valence-corrected chi connectivity index (χ2v) is 5.54. The largest absolute Gasteiger partial charge is 0.472 e. The standard InChI is InChI=1S/C12H10BrIN2O2/c1-16-6-5-11(15-16)18-7-9-8(12(13)17)3-2-4-10(9)14/h2-6H,7H2,1H3. The Morgan fingerprint density at radius 2 is 2.28 bits per heavy atom. The van der Waals surface area contributed by atoms with E-state index in [1.54, 1.807) is 16.8 Å². The summed E-state index contributed by atoms with van der Waals surface area (Å²) in [5, 5.41) is 4.13. The summed E-state index contributed by atoms with van der Waals surface area (Å²) in [5.74, 6) is 0.546. The fraction of sp³-hybridized carbons (Fsp3) is 0.167. The summed E-state index contributed by atoms with van der Waals surface area (Å²) in [4.78, 5) is 11.5. The summed E-state index contributed by atoms with van der Waals surface area (Å²) in [5.41, 5.74) is 1.49. The molecule has 0 aliphatic carbocycles. The van der Waals surface area contributed by atoms with Crippen molar-refractivity contribution in [1.29, 1.82) is 0 Å². The minimum absolute atomic E-state index is 0.138. The number of carbonyl (C=O) groups excluding carboxylic acids is 1. The quantitative estimate of drug-likeness (QED) is 0.563. The summed E-state index contributed by atoms with van der Waals surface area (Å²) < 4.78 is 8.10. The van der Waals surface area contributed by atoms with Gasteiger partial charge in [0.1, 0.15) is 6.61 Å². The molecule has 0 spiro atoms. The number of benzene rings is 1. The van der Waals surface area contributed by atoms with Crippen LogP contribution in [0.25, 0.3) is 0 Å². The molecule has 0 atom stereocenters. The SMILES string of the molecule is Cn1ccc(OCc2c(I)cccc2C(=O)Br)n1. The van der Waals surface area contributed by atoms with Crippen LogP contribution < -0.4 is 4.74 Å². The van der Waals surface area contributed by atoms with E-state index in [9.17, 15) is 4.79 Å². The molecule has 0 saturated carbocycles. The zero-order valence-corrected chi connectivity index (χ0v) is 13.3. The van der Waals surface area contributed by atoms with Crippen molar-refractivity contribution in [2.45, 2.75) is 6.61 Å². The summed E-state index contributed by atoms with van der Waals surface area (Å²) in [7, 11) is 1.83. The molecule has 0 amide bonds. The van der Waals surface area contributed by atoms with Crippen LogP contribution in [0.1, 0.15) is 15.9 Å². The van der Waals surface area contributed by atoms with Gasteiger partial charge in [0.05, 0.1) is 0 Å². The summed E-state index contributed by atoms with van der Waals surface area (Å²) in [6.07, 6.45) is 1.81.